The minimum atomic E-state index is 0.326. The maximum atomic E-state index is 4.80. The molecule has 1 aliphatic heterocycles. The molecule has 2 saturated carbocycles. The van der Waals surface area contributed by atoms with Crippen LogP contribution in [0.3, 0.4) is 0 Å². The third kappa shape index (κ3) is 5.18. The second-order valence-corrected chi connectivity index (χ2v) is 15.4. The van der Waals surface area contributed by atoms with E-state index in [-0.39, 0.29) is 0 Å². The molecular formula is C42H47N5. The highest BCUT2D eigenvalue weighted by atomic mass is 15.0. The van der Waals surface area contributed by atoms with Gasteiger partial charge in [-0.15, -0.1) is 0 Å². The Hall–Kier alpha value is -3.96. The third-order valence-electron chi connectivity index (χ3n) is 12.2. The van der Waals surface area contributed by atoms with Crippen LogP contribution in [0.1, 0.15) is 106 Å². The molecule has 1 spiro atoms. The fourth-order valence-corrected chi connectivity index (χ4v) is 9.65. The second kappa shape index (κ2) is 11.6. The fourth-order valence-electron chi connectivity index (χ4n) is 9.65. The van der Waals surface area contributed by atoms with E-state index in [1.54, 1.807) is 11.1 Å². The van der Waals surface area contributed by atoms with E-state index in [2.05, 4.69) is 89.8 Å². The van der Waals surface area contributed by atoms with E-state index in [4.69, 9.17) is 9.97 Å². The lowest BCUT2D eigenvalue weighted by atomic mass is 9.76. The molecule has 3 heterocycles. The summed E-state index contributed by atoms with van der Waals surface area (Å²) >= 11 is 0. The van der Waals surface area contributed by atoms with Crippen LogP contribution in [0.2, 0.25) is 0 Å². The third-order valence-corrected chi connectivity index (χ3v) is 12.2. The summed E-state index contributed by atoms with van der Waals surface area (Å²) in [6, 6.07) is 23.6. The molecule has 1 saturated heterocycles. The van der Waals surface area contributed by atoms with E-state index in [0.29, 0.717) is 23.3 Å². The molecule has 5 aromatic rings. The van der Waals surface area contributed by atoms with Crippen molar-refractivity contribution in [1.29, 1.82) is 0 Å². The molecule has 47 heavy (non-hydrogen) atoms. The van der Waals surface area contributed by atoms with E-state index in [9.17, 15) is 0 Å². The topological polar surface area (TPSA) is 69.4 Å². The summed E-state index contributed by atoms with van der Waals surface area (Å²) in [6.45, 7) is 5.73. The van der Waals surface area contributed by atoms with Gasteiger partial charge in [0.05, 0.1) is 29.8 Å². The summed E-state index contributed by atoms with van der Waals surface area (Å²) in [4.78, 5) is 16.8. The number of hydrogen-bond donors (Lipinski definition) is 3. The van der Waals surface area contributed by atoms with E-state index in [1.807, 2.05) is 12.4 Å². The predicted molar refractivity (Wildman–Crippen MR) is 191 cm³/mol. The molecule has 2 aromatic heterocycles. The highest BCUT2D eigenvalue weighted by Crippen LogP contribution is 2.55. The summed E-state index contributed by atoms with van der Waals surface area (Å²) in [6.07, 6.45) is 16.8. The first-order valence-corrected chi connectivity index (χ1v) is 18.2. The van der Waals surface area contributed by atoms with Gasteiger partial charge in [0, 0.05) is 5.92 Å². The number of rotatable bonds is 6. The van der Waals surface area contributed by atoms with E-state index in [1.165, 1.54) is 97.0 Å². The van der Waals surface area contributed by atoms with Gasteiger partial charge in [-0.1, -0.05) is 87.4 Å². The zero-order valence-corrected chi connectivity index (χ0v) is 27.9. The Morgan fingerprint density at radius 3 is 1.89 bits per heavy atom. The smallest absolute Gasteiger partial charge is 0.123 e. The quantitative estimate of drug-likeness (QED) is 0.177. The van der Waals surface area contributed by atoms with Gasteiger partial charge in [0.2, 0.25) is 0 Å². The molecule has 3 N–H and O–H groups in total. The van der Waals surface area contributed by atoms with E-state index in [0.717, 1.165) is 36.1 Å². The largest absolute Gasteiger partial charge is 0.342 e. The summed E-state index contributed by atoms with van der Waals surface area (Å²) in [7, 11) is 0. The Bertz CT molecular complexity index is 1890. The van der Waals surface area contributed by atoms with Crippen molar-refractivity contribution in [2.75, 3.05) is 6.54 Å². The molecule has 9 rings (SSSR count). The average Bonchev–Trinajstić information content (AvgIpc) is 3.95. The number of imidazole rings is 2. The molecule has 5 heteroatoms. The fraction of sp³-hybridized carbons (Fsp3) is 0.429. The zero-order chi connectivity index (χ0) is 31.5. The summed E-state index contributed by atoms with van der Waals surface area (Å²) < 4.78 is 0. The first-order valence-electron chi connectivity index (χ1n) is 18.2. The number of aromatic nitrogens is 4. The maximum absolute atomic E-state index is 4.80. The molecule has 0 radical (unpaired) electrons. The number of aromatic amines is 2. The van der Waals surface area contributed by atoms with Gasteiger partial charge in [0.15, 0.2) is 0 Å². The summed E-state index contributed by atoms with van der Waals surface area (Å²) in [5.74, 6) is 4.32. The molecule has 0 bridgehead atoms. The number of nitrogens with zero attached hydrogens (tertiary/aromatic N) is 2. The molecule has 5 nitrogen and oxygen atoms in total. The number of fused-ring (bicyclic) bond motifs is 2. The van der Waals surface area contributed by atoms with Crippen molar-refractivity contribution in [3.05, 3.63) is 95.8 Å². The number of nitrogens with one attached hydrogen (secondary N) is 3. The first kappa shape index (κ1) is 29.2. The Morgan fingerprint density at radius 1 is 0.638 bits per heavy atom. The van der Waals surface area contributed by atoms with Crippen LogP contribution < -0.4 is 5.32 Å². The van der Waals surface area contributed by atoms with Gasteiger partial charge in [0.1, 0.15) is 11.6 Å². The molecule has 240 valence electrons. The minimum Gasteiger partial charge on any atom is -0.342 e. The van der Waals surface area contributed by atoms with Crippen molar-refractivity contribution in [3.8, 4) is 44.8 Å². The van der Waals surface area contributed by atoms with Gasteiger partial charge in [-0.25, -0.2) is 9.97 Å². The number of benzene rings is 3. The lowest BCUT2D eigenvalue weighted by molar-refractivity contribution is 0.440. The Labute approximate surface area is 279 Å². The van der Waals surface area contributed by atoms with Crippen LogP contribution in [0.5, 0.6) is 0 Å². The molecule has 3 fully saturated rings. The lowest BCUT2D eigenvalue weighted by Gasteiger charge is -2.28. The molecule has 0 unspecified atom stereocenters. The Balaban J connectivity index is 1.01. The first-order chi connectivity index (χ1) is 23.0. The van der Waals surface area contributed by atoms with E-state index < -0.39 is 0 Å². The summed E-state index contributed by atoms with van der Waals surface area (Å²) in [5, 5.41) is 3.61. The highest BCUT2D eigenvalue weighted by Gasteiger charge is 2.43. The molecule has 3 aromatic carbocycles. The average molecular weight is 622 g/mol. The van der Waals surface area contributed by atoms with Crippen LogP contribution in [0.15, 0.2) is 73.1 Å². The molecule has 3 aliphatic carbocycles. The van der Waals surface area contributed by atoms with Crippen molar-refractivity contribution >= 4 is 0 Å². The number of hydrogen-bond acceptors (Lipinski definition) is 3. The van der Waals surface area contributed by atoms with Gasteiger partial charge in [-0.3, -0.25) is 0 Å². The molecule has 0 amide bonds. The van der Waals surface area contributed by atoms with Crippen molar-refractivity contribution in [2.24, 2.45) is 11.8 Å². The normalized spacial score (nSPS) is 24.8. The van der Waals surface area contributed by atoms with Crippen LogP contribution >= 0.6 is 0 Å². The standard InChI is InChI=1S/C42H47N5/c1-26-5-6-32(21-26)40-44-24-37(46-40)30-11-7-28(8-12-30)33-15-16-34(39-35(33)17-20-42(39)18-3-4-19-42)29-9-13-31(14-10-29)38-25-45-41(47-38)36-22-27(2)23-43-36/h7-16,24-27,32,36,43H,3-6,17-23H2,1-2H3,(H,44,46)(H,45,47)/t26-,27+,32+,36+/m1/s1. The SMILES string of the molecule is C[C@@H]1CC[C@H](c2ncc(-c3ccc(-c4ccc(-c5ccc(-c6cnc([C@@H]7C[C@H](C)CN7)[nH]6)cc5)c5c4CCC54CCCC4)cc3)[nH]2)C1. The van der Waals surface area contributed by atoms with Gasteiger partial charge < -0.3 is 15.3 Å². The van der Waals surface area contributed by atoms with Crippen LogP contribution in [0, 0.1) is 11.8 Å². The maximum Gasteiger partial charge on any atom is 0.123 e. The van der Waals surface area contributed by atoms with Crippen LogP contribution in [0.4, 0.5) is 0 Å². The zero-order valence-electron chi connectivity index (χ0n) is 27.9. The summed E-state index contributed by atoms with van der Waals surface area (Å²) in [5.41, 5.74) is 13.7. The van der Waals surface area contributed by atoms with Gasteiger partial charge >= 0.3 is 0 Å². The molecule has 4 aliphatic rings. The predicted octanol–water partition coefficient (Wildman–Crippen LogP) is 10.1. The lowest BCUT2D eigenvalue weighted by Crippen LogP contribution is -2.19. The molecule has 4 atom stereocenters. The van der Waals surface area contributed by atoms with Gasteiger partial charge in [0.25, 0.3) is 0 Å². The van der Waals surface area contributed by atoms with Crippen LogP contribution in [-0.4, -0.2) is 26.5 Å². The van der Waals surface area contributed by atoms with Crippen molar-refractivity contribution < 1.29 is 0 Å². The number of H-pyrrole nitrogens is 2. The van der Waals surface area contributed by atoms with Gasteiger partial charge in [-0.05, 0) is 120 Å². The monoisotopic (exact) mass is 621 g/mol. The Kier molecular flexibility index (Phi) is 7.22. The van der Waals surface area contributed by atoms with Gasteiger partial charge in [-0.2, -0.15) is 0 Å². The van der Waals surface area contributed by atoms with Crippen molar-refractivity contribution in [3.63, 3.8) is 0 Å². The minimum absolute atomic E-state index is 0.326. The second-order valence-electron chi connectivity index (χ2n) is 15.4. The van der Waals surface area contributed by atoms with E-state index >= 15 is 0 Å². The van der Waals surface area contributed by atoms with Crippen molar-refractivity contribution in [1.82, 2.24) is 25.3 Å². The highest BCUT2D eigenvalue weighted by molar-refractivity contribution is 5.81. The van der Waals surface area contributed by atoms with Crippen molar-refractivity contribution in [2.45, 2.75) is 95.4 Å². The Morgan fingerprint density at radius 2 is 1.26 bits per heavy atom. The molecular weight excluding hydrogens is 574 g/mol. The van der Waals surface area contributed by atoms with Crippen LogP contribution in [-0.2, 0) is 11.8 Å². The van der Waals surface area contributed by atoms with Crippen LogP contribution in [0.25, 0.3) is 44.8 Å².